The zero-order valence-corrected chi connectivity index (χ0v) is 8.49. The predicted molar refractivity (Wildman–Crippen MR) is 45.8 cm³/mol. The second-order valence-electron chi connectivity index (χ2n) is 3.31. The molecule has 1 fully saturated rings. The topological polar surface area (TPSA) is 9.23 Å². The van der Waals surface area contributed by atoms with Crippen molar-refractivity contribution in [3.05, 3.63) is 0 Å². The summed E-state index contributed by atoms with van der Waals surface area (Å²) in [6.45, 7) is 0.764. The van der Waals surface area contributed by atoms with Crippen LogP contribution in [0.15, 0.2) is 0 Å². The van der Waals surface area contributed by atoms with Gasteiger partial charge in [-0.3, -0.25) is 0 Å². The Kier molecular flexibility index (Phi) is 4.25. The Morgan fingerprint density at radius 3 is 2.54 bits per heavy atom. The van der Waals surface area contributed by atoms with E-state index in [1.807, 2.05) is 0 Å². The van der Waals surface area contributed by atoms with Crippen LogP contribution in [0.3, 0.4) is 0 Å². The average Bonchev–Trinajstić information content (AvgIpc) is 2.04. The second kappa shape index (κ2) is 5.00. The number of hydrogen-bond donors (Lipinski definition) is 0. The van der Waals surface area contributed by atoms with Gasteiger partial charge < -0.3 is 4.43 Å². The highest BCUT2D eigenvalue weighted by atomic mass is 28.3. The third-order valence-corrected chi connectivity index (χ3v) is 4.51. The van der Waals surface area contributed by atoms with Crippen LogP contribution in [0.2, 0.25) is 12.1 Å². The molecular formula is C8H14F3OSi. The molecule has 1 nitrogen and oxygen atoms in total. The normalized spacial score (nSPS) is 20.5. The lowest BCUT2D eigenvalue weighted by Crippen LogP contribution is -2.23. The first-order valence-corrected chi connectivity index (χ1v) is 6.44. The van der Waals surface area contributed by atoms with E-state index in [9.17, 15) is 13.2 Å². The number of hydrogen-bond acceptors (Lipinski definition) is 1. The van der Waals surface area contributed by atoms with Crippen LogP contribution in [0.5, 0.6) is 0 Å². The lowest BCUT2D eigenvalue weighted by Gasteiger charge is -2.20. The number of halogens is 3. The molecule has 0 atom stereocenters. The van der Waals surface area contributed by atoms with E-state index in [2.05, 4.69) is 0 Å². The molecule has 0 bridgehead atoms. The maximum absolute atomic E-state index is 11.8. The van der Waals surface area contributed by atoms with Crippen molar-refractivity contribution in [3.8, 4) is 0 Å². The molecular weight excluding hydrogens is 197 g/mol. The second-order valence-corrected chi connectivity index (χ2v) is 5.68. The van der Waals surface area contributed by atoms with Gasteiger partial charge in [0, 0.05) is 13.0 Å². The van der Waals surface area contributed by atoms with E-state index in [0.717, 1.165) is 25.5 Å². The van der Waals surface area contributed by atoms with Crippen LogP contribution < -0.4 is 0 Å². The van der Waals surface area contributed by atoms with E-state index in [4.69, 9.17) is 4.43 Å². The Bertz CT molecular complexity index is 143. The van der Waals surface area contributed by atoms with Crippen molar-refractivity contribution in [2.45, 2.75) is 43.9 Å². The summed E-state index contributed by atoms with van der Waals surface area (Å²) in [5.74, 6) is 0. The van der Waals surface area contributed by atoms with Gasteiger partial charge in [0.1, 0.15) is 0 Å². The summed E-state index contributed by atoms with van der Waals surface area (Å²) in [5.41, 5.74) is 0. The van der Waals surface area contributed by atoms with Gasteiger partial charge in [-0.05, 0) is 24.9 Å². The number of alkyl halides is 3. The van der Waals surface area contributed by atoms with Crippen molar-refractivity contribution in [2.24, 2.45) is 0 Å². The van der Waals surface area contributed by atoms with Crippen molar-refractivity contribution in [1.29, 1.82) is 0 Å². The van der Waals surface area contributed by atoms with Gasteiger partial charge in [0.2, 0.25) is 9.04 Å². The van der Waals surface area contributed by atoms with Crippen molar-refractivity contribution in [1.82, 2.24) is 0 Å². The van der Waals surface area contributed by atoms with Crippen LogP contribution in [0.1, 0.15) is 25.7 Å². The monoisotopic (exact) mass is 211 g/mol. The van der Waals surface area contributed by atoms with Gasteiger partial charge in [-0.2, -0.15) is 13.2 Å². The molecule has 0 unspecified atom stereocenters. The molecule has 0 N–H and O–H groups in total. The fourth-order valence-corrected chi connectivity index (χ4v) is 3.58. The molecule has 0 aliphatic carbocycles. The van der Waals surface area contributed by atoms with Gasteiger partial charge in [-0.15, -0.1) is 0 Å². The highest BCUT2D eigenvalue weighted by Gasteiger charge is 2.27. The Morgan fingerprint density at radius 2 is 2.00 bits per heavy atom. The van der Waals surface area contributed by atoms with Gasteiger partial charge in [-0.25, -0.2) is 0 Å². The molecule has 0 aromatic heterocycles. The molecule has 1 rings (SSSR count). The smallest absolute Gasteiger partial charge is 0.389 e. The molecule has 13 heavy (non-hydrogen) atoms. The molecule has 0 aromatic rings. The average molecular weight is 211 g/mol. The first kappa shape index (κ1) is 11.0. The summed E-state index contributed by atoms with van der Waals surface area (Å²) in [5, 5.41) is 0. The molecule has 0 aromatic carbocycles. The Balaban J connectivity index is 2.04. The number of rotatable bonds is 3. The predicted octanol–water partition coefficient (Wildman–Crippen LogP) is 3.13. The van der Waals surface area contributed by atoms with E-state index in [1.54, 1.807) is 0 Å². The summed E-state index contributed by atoms with van der Waals surface area (Å²) in [7, 11) is -0.870. The lowest BCUT2D eigenvalue weighted by atomic mass is 10.3. The van der Waals surface area contributed by atoms with E-state index in [-0.39, 0.29) is 6.42 Å². The summed E-state index contributed by atoms with van der Waals surface area (Å²) < 4.78 is 40.8. The van der Waals surface area contributed by atoms with Gasteiger partial charge in [-0.1, -0.05) is 6.42 Å². The Hall–Kier alpha value is -0.0331. The minimum atomic E-state index is -3.99. The van der Waals surface area contributed by atoms with Crippen LogP contribution in [0.25, 0.3) is 0 Å². The Labute approximate surface area is 78.0 Å². The maximum Gasteiger partial charge on any atom is 0.389 e. The van der Waals surface area contributed by atoms with Crippen molar-refractivity contribution < 1.29 is 17.6 Å². The Morgan fingerprint density at radius 1 is 1.23 bits per heavy atom. The summed E-state index contributed by atoms with van der Waals surface area (Å²) >= 11 is 0. The molecule has 5 heteroatoms. The fourth-order valence-electron chi connectivity index (χ4n) is 1.40. The molecule has 1 radical (unpaired) electrons. The van der Waals surface area contributed by atoms with Crippen LogP contribution in [-0.2, 0) is 4.43 Å². The van der Waals surface area contributed by atoms with Crippen LogP contribution >= 0.6 is 0 Å². The summed E-state index contributed by atoms with van der Waals surface area (Å²) in [6.07, 6.45) is -2.17. The first-order chi connectivity index (χ1) is 6.08. The van der Waals surface area contributed by atoms with Crippen LogP contribution in [-0.4, -0.2) is 21.8 Å². The minimum Gasteiger partial charge on any atom is -0.417 e. The van der Waals surface area contributed by atoms with Gasteiger partial charge >= 0.3 is 6.18 Å². The molecule has 0 spiro atoms. The van der Waals surface area contributed by atoms with Crippen molar-refractivity contribution in [2.75, 3.05) is 6.61 Å². The molecule has 1 aliphatic heterocycles. The minimum absolute atomic E-state index is 0.248. The van der Waals surface area contributed by atoms with Crippen LogP contribution in [0, 0.1) is 0 Å². The molecule has 1 aliphatic rings. The third kappa shape index (κ3) is 5.31. The highest BCUT2D eigenvalue weighted by molar-refractivity contribution is 6.51. The lowest BCUT2D eigenvalue weighted by molar-refractivity contribution is -0.134. The molecule has 1 heterocycles. The molecule has 1 saturated heterocycles. The largest absolute Gasteiger partial charge is 0.417 e. The van der Waals surface area contributed by atoms with E-state index >= 15 is 0 Å². The van der Waals surface area contributed by atoms with E-state index < -0.39 is 21.6 Å². The van der Waals surface area contributed by atoms with E-state index in [0.29, 0.717) is 6.04 Å². The van der Waals surface area contributed by atoms with Crippen molar-refractivity contribution in [3.63, 3.8) is 0 Å². The zero-order valence-electron chi connectivity index (χ0n) is 7.49. The van der Waals surface area contributed by atoms with Crippen LogP contribution in [0.4, 0.5) is 13.2 Å². The SMILES string of the molecule is FC(F)(F)CCC[Si]1CCCCO1. The summed E-state index contributed by atoms with van der Waals surface area (Å²) in [4.78, 5) is 0. The molecule has 77 valence electrons. The zero-order chi connectivity index (χ0) is 9.73. The van der Waals surface area contributed by atoms with Gasteiger partial charge in [0.15, 0.2) is 0 Å². The first-order valence-electron chi connectivity index (χ1n) is 4.62. The molecule has 0 saturated carbocycles. The standard InChI is InChI=1S/C8H14F3OSi/c9-8(10,11)4-3-7-13-6-2-1-5-12-13/h1-7H2. The van der Waals surface area contributed by atoms with Gasteiger partial charge in [0.25, 0.3) is 0 Å². The fraction of sp³-hybridized carbons (Fsp3) is 1.00. The maximum atomic E-state index is 11.8. The van der Waals surface area contributed by atoms with Gasteiger partial charge in [0.05, 0.1) is 0 Å². The van der Waals surface area contributed by atoms with E-state index in [1.165, 1.54) is 0 Å². The quantitative estimate of drug-likeness (QED) is 0.652. The highest BCUT2D eigenvalue weighted by Crippen LogP contribution is 2.24. The molecule has 0 amide bonds. The summed E-state index contributed by atoms with van der Waals surface area (Å²) in [6, 6.07) is 1.69. The van der Waals surface area contributed by atoms with Crippen molar-refractivity contribution >= 4 is 9.04 Å². The third-order valence-electron chi connectivity index (χ3n) is 2.07.